The lowest BCUT2D eigenvalue weighted by Crippen LogP contribution is -2.55. The molecule has 0 saturated carbocycles. The number of rotatable bonds is 3. The lowest BCUT2D eigenvalue weighted by molar-refractivity contribution is -0.138. The maximum Gasteiger partial charge on any atom is 0.245 e. The molecule has 2 saturated heterocycles. The smallest absolute Gasteiger partial charge is 0.245 e. The van der Waals surface area contributed by atoms with Crippen LogP contribution in [-0.2, 0) is 19.4 Å². The van der Waals surface area contributed by atoms with Crippen molar-refractivity contribution in [3.05, 3.63) is 0 Å². The van der Waals surface area contributed by atoms with E-state index in [9.17, 15) is 18.0 Å². The molecule has 2 amide bonds. The molecular weight excluding hydrogens is 292 g/mol. The maximum absolute atomic E-state index is 12.7. The van der Waals surface area contributed by atoms with E-state index in [4.69, 9.17) is 0 Å². The van der Waals surface area contributed by atoms with Gasteiger partial charge in [0.15, 0.2) is 9.84 Å². The normalized spacial score (nSPS) is 33.1. The molecule has 0 aromatic heterocycles. The van der Waals surface area contributed by atoms with Gasteiger partial charge >= 0.3 is 0 Å². The standard InChI is InChI=1S/C14H24N2O4S/c1-10(2)8-11-13(18)16(6-4-12(17)15-11)14(3)5-7-21(19,20)9-14/h10-11H,4-9H2,1-3H3,(H,15,17). The van der Waals surface area contributed by atoms with Gasteiger partial charge in [-0.05, 0) is 25.7 Å². The van der Waals surface area contributed by atoms with Crippen LogP contribution in [0.4, 0.5) is 0 Å². The Labute approximate surface area is 126 Å². The molecule has 6 nitrogen and oxygen atoms in total. The second-order valence-electron chi connectivity index (χ2n) is 6.83. The Kier molecular flexibility index (Phi) is 4.33. The first-order chi connectivity index (χ1) is 9.63. The molecule has 0 aromatic rings. The van der Waals surface area contributed by atoms with Crippen LogP contribution >= 0.6 is 0 Å². The predicted molar refractivity (Wildman–Crippen MR) is 79.4 cm³/mol. The third kappa shape index (κ3) is 3.56. The van der Waals surface area contributed by atoms with Crippen LogP contribution in [0.15, 0.2) is 0 Å². The highest BCUT2D eigenvalue weighted by Crippen LogP contribution is 2.31. The topological polar surface area (TPSA) is 83.6 Å². The molecule has 0 aromatic carbocycles. The van der Waals surface area contributed by atoms with E-state index in [-0.39, 0.29) is 35.7 Å². The second kappa shape index (κ2) is 5.59. The van der Waals surface area contributed by atoms with E-state index in [0.29, 0.717) is 19.4 Å². The van der Waals surface area contributed by atoms with Crippen LogP contribution in [0.3, 0.4) is 0 Å². The molecule has 0 aliphatic carbocycles. The molecule has 2 aliphatic rings. The molecule has 2 fully saturated rings. The first-order valence-corrected chi connectivity index (χ1v) is 9.26. The van der Waals surface area contributed by atoms with Crippen molar-refractivity contribution in [3.63, 3.8) is 0 Å². The Morgan fingerprint density at radius 2 is 2.05 bits per heavy atom. The lowest BCUT2D eigenvalue weighted by Gasteiger charge is -2.38. The SMILES string of the molecule is CC(C)CC1NC(=O)CCN(C2(C)CCS(=O)(=O)C2)C1=O. The Morgan fingerprint density at radius 3 is 2.57 bits per heavy atom. The molecule has 2 rings (SSSR count). The maximum atomic E-state index is 12.7. The molecule has 7 heteroatoms. The van der Waals surface area contributed by atoms with Crippen LogP contribution in [-0.4, -0.2) is 54.8 Å². The van der Waals surface area contributed by atoms with E-state index < -0.39 is 21.4 Å². The minimum absolute atomic E-state index is 0.00563. The van der Waals surface area contributed by atoms with E-state index in [2.05, 4.69) is 5.32 Å². The number of amides is 2. The molecule has 0 radical (unpaired) electrons. The summed E-state index contributed by atoms with van der Waals surface area (Å²) in [5, 5.41) is 2.77. The van der Waals surface area contributed by atoms with E-state index in [1.165, 1.54) is 0 Å². The molecule has 2 aliphatic heterocycles. The minimum Gasteiger partial charge on any atom is -0.344 e. The number of hydrogen-bond acceptors (Lipinski definition) is 4. The third-order valence-electron chi connectivity index (χ3n) is 4.30. The number of carbonyl (C=O) groups is 2. The average Bonchev–Trinajstić information content (AvgIpc) is 2.54. The number of carbonyl (C=O) groups excluding carboxylic acids is 2. The van der Waals surface area contributed by atoms with Crippen LogP contribution in [0.25, 0.3) is 0 Å². The highest BCUT2D eigenvalue weighted by molar-refractivity contribution is 7.91. The van der Waals surface area contributed by atoms with Crippen molar-refractivity contribution in [2.75, 3.05) is 18.1 Å². The minimum atomic E-state index is -3.09. The first kappa shape index (κ1) is 16.3. The Morgan fingerprint density at radius 1 is 1.38 bits per heavy atom. The van der Waals surface area contributed by atoms with Crippen LogP contribution in [0, 0.1) is 5.92 Å². The van der Waals surface area contributed by atoms with E-state index in [1.54, 1.807) is 4.90 Å². The summed E-state index contributed by atoms with van der Waals surface area (Å²) in [6.07, 6.45) is 1.25. The number of nitrogens with zero attached hydrogens (tertiary/aromatic N) is 1. The zero-order valence-corrected chi connectivity index (χ0v) is 13.7. The Bertz CT molecular complexity index is 543. The molecular formula is C14H24N2O4S. The summed E-state index contributed by atoms with van der Waals surface area (Å²) in [5.74, 6) is 0.104. The Hall–Kier alpha value is -1.11. The second-order valence-corrected chi connectivity index (χ2v) is 9.01. The van der Waals surface area contributed by atoms with Crippen LogP contribution in [0.2, 0.25) is 0 Å². The van der Waals surface area contributed by atoms with E-state index >= 15 is 0 Å². The fourth-order valence-corrected chi connectivity index (χ4v) is 5.36. The van der Waals surface area contributed by atoms with Crippen molar-refractivity contribution in [1.82, 2.24) is 10.2 Å². The van der Waals surface area contributed by atoms with Crippen molar-refractivity contribution in [2.24, 2.45) is 5.92 Å². The van der Waals surface area contributed by atoms with Gasteiger partial charge in [-0.3, -0.25) is 9.59 Å². The van der Waals surface area contributed by atoms with Crippen molar-refractivity contribution in [2.45, 2.75) is 51.6 Å². The highest BCUT2D eigenvalue weighted by atomic mass is 32.2. The van der Waals surface area contributed by atoms with E-state index in [0.717, 1.165) is 0 Å². The van der Waals surface area contributed by atoms with Gasteiger partial charge in [0.2, 0.25) is 11.8 Å². The number of nitrogens with one attached hydrogen (secondary N) is 1. The third-order valence-corrected chi connectivity index (χ3v) is 6.19. The van der Waals surface area contributed by atoms with Crippen molar-refractivity contribution in [3.8, 4) is 0 Å². The predicted octanol–water partition coefficient (Wildman–Crippen LogP) is 0.327. The zero-order chi connectivity index (χ0) is 15.8. The van der Waals surface area contributed by atoms with Gasteiger partial charge in [0.05, 0.1) is 17.0 Å². The van der Waals surface area contributed by atoms with E-state index in [1.807, 2.05) is 20.8 Å². The average molecular weight is 316 g/mol. The fraction of sp³-hybridized carbons (Fsp3) is 0.857. The quantitative estimate of drug-likeness (QED) is 0.813. The first-order valence-electron chi connectivity index (χ1n) is 7.44. The fourth-order valence-electron chi connectivity index (χ4n) is 3.21. The van der Waals surface area contributed by atoms with Crippen molar-refractivity contribution in [1.29, 1.82) is 0 Å². The summed E-state index contributed by atoms with van der Waals surface area (Å²) in [6, 6.07) is -0.542. The summed E-state index contributed by atoms with van der Waals surface area (Å²) in [5.41, 5.74) is -0.683. The molecule has 21 heavy (non-hydrogen) atoms. The Balaban J connectivity index is 2.25. The molecule has 120 valence electrons. The van der Waals surface area contributed by atoms with Gasteiger partial charge in [-0.2, -0.15) is 0 Å². The highest BCUT2D eigenvalue weighted by Gasteiger charge is 2.47. The summed E-state index contributed by atoms with van der Waals surface area (Å²) < 4.78 is 23.6. The van der Waals surface area contributed by atoms with Crippen molar-refractivity contribution >= 4 is 21.7 Å². The lowest BCUT2D eigenvalue weighted by atomic mass is 9.96. The van der Waals surface area contributed by atoms with Gasteiger partial charge in [-0.15, -0.1) is 0 Å². The zero-order valence-electron chi connectivity index (χ0n) is 12.9. The summed E-state index contributed by atoms with van der Waals surface area (Å²) in [4.78, 5) is 26.2. The van der Waals surface area contributed by atoms with Crippen molar-refractivity contribution < 1.29 is 18.0 Å². The molecule has 2 unspecified atom stereocenters. The van der Waals surface area contributed by atoms with Gasteiger partial charge in [-0.25, -0.2) is 8.42 Å². The molecule has 2 heterocycles. The van der Waals surface area contributed by atoms with Gasteiger partial charge < -0.3 is 10.2 Å². The van der Waals surface area contributed by atoms with Gasteiger partial charge in [0, 0.05) is 13.0 Å². The number of sulfone groups is 1. The monoisotopic (exact) mass is 316 g/mol. The largest absolute Gasteiger partial charge is 0.344 e. The summed E-state index contributed by atoms with van der Waals surface area (Å²) in [6.45, 7) is 6.11. The van der Waals surface area contributed by atoms with Gasteiger partial charge in [-0.1, -0.05) is 13.8 Å². The summed E-state index contributed by atoms with van der Waals surface area (Å²) >= 11 is 0. The van der Waals surface area contributed by atoms with Crippen LogP contribution in [0.5, 0.6) is 0 Å². The molecule has 0 bridgehead atoms. The molecule has 1 N–H and O–H groups in total. The van der Waals surface area contributed by atoms with Gasteiger partial charge in [0.1, 0.15) is 6.04 Å². The van der Waals surface area contributed by atoms with Crippen LogP contribution in [0.1, 0.15) is 40.0 Å². The van der Waals surface area contributed by atoms with Crippen LogP contribution < -0.4 is 5.32 Å². The number of hydrogen-bond donors (Lipinski definition) is 1. The molecule has 0 spiro atoms. The summed E-state index contributed by atoms with van der Waals surface area (Å²) in [7, 11) is -3.09. The molecule has 2 atom stereocenters. The van der Waals surface area contributed by atoms with Gasteiger partial charge in [0.25, 0.3) is 0 Å².